The molecule has 1 aliphatic rings. The maximum absolute atomic E-state index is 13.2. The molecule has 0 unspecified atom stereocenters. The summed E-state index contributed by atoms with van der Waals surface area (Å²) in [5.41, 5.74) is 0.847. The molecule has 2 aromatic rings. The van der Waals surface area contributed by atoms with Gasteiger partial charge in [-0.25, -0.2) is 4.39 Å². The molecule has 2 heterocycles. The number of aromatic nitrogens is 2. The third kappa shape index (κ3) is 3.59. The van der Waals surface area contributed by atoms with E-state index in [1.54, 1.807) is 42.2 Å². The first kappa shape index (κ1) is 15.7. The predicted octanol–water partition coefficient (Wildman–Crippen LogP) is 2.62. The summed E-state index contributed by atoms with van der Waals surface area (Å²) in [4.78, 5) is 12.5. The molecule has 5 nitrogen and oxygen atoms in total. The molecule has 0 radical (unpaired) electrons. The number of nitrogens with one attached hydrogen (secondary N) is 1. The quantitative estimate of drug-likeness (QED) is 0.922. The van der Waals surface area contributed by atoms with Gasteiger partial charge in [0.1, 0.15) is 11.9 Å². The van der Waals surface area contributed by atoms with E-state index in [-0.39, 0.29) is 23.9 Å². The second-order valence-corrected chi connectivity index (χ2v) is 5.75. The summed E-state index contributed by atoms with van der Waals surface area (Å²) >= 11 is 0. The largest absolute Gasteiger partial charge is 0.376 e. The number of hydrogen-bond acceptors (Lipinski definition) is 3. The van der Waals surface area contributed by atoms with Crippen LogP contribution in [0.15, 0.2) is 42.7 Å². The molecule has 1 aliphatic heterocycles. The van der Waals surface area contributed by atoms with Crippen LogP contribution in [-0.2, 0) is 9.53 Å². The number of rotatable bonds is 5. The van der Waals surface area contributed by atoms with Crippen molar-refractivity contribution in [2.24, 2.45) is 0 Å². The van der Waals surface area contributed by atoms with Gasteiger partial charge < -0.3 is 10.1 Å². The van der Waals surface area contributed by atoms with Crippen molar-refractivity contribution in [3.8, 4) is 0 Å². The second-order valence-electron chi connectivity index (χ2n) is 5.75. The fourth-order valence-electron chi connectivity index (χ4n) is 2.83. The van der Waals surface area contributed by atoms with Gasteiger partial charge in [-0.15, -0.1) is 0 Å². The third-order valence-electron chi connectivity index (χ3n) is 4.16. The number of carbonyl (C=O) groups excluding carboxylic acids is 1. The van der Waals surface area contributed by atoms with Gasteiger partial charge in [0.05, 0.1) is 12.1 Å². The second kappa shape index (κ2) is 6.91. The first-order chi connectivity index (χ1) is 11.1. The van der Waals surface area contributed by atoms with Crippen molar-refractivity contribution < 1.29 is 13.9 Å². The Hall–Kier alpha value is -2.21. The number of carbonyl (C=O) groups is 1. The summed E-state index contributed by atoms with van der Waals surface area (Å²) in [6, 6.07) is 7.27. The van der Waals surface area contributed by atoms with Crippen molar-refractivity contribution >= 4 is 5.91 Å². The normalized spacial score (nSPS) is 20.2. The summed E-state index contributed by atoms with van der Waals surface area (Å²) in [6.07, 6.45) is 5.14. The standard InChI is InChI=1S/C17H20FN3O2/c1-12(21-10-3-9-19-21)17(22)20-16(15-4-2-11-23-15)13-5-7-14(18)8-6-13/h3,5-10,12,15-16H,2,4,11H2,1H3,(H,20,22)/t12-,15+,16-/m1/s1. The summed E-state index contributed by atoms with van der Waals surface area (Å²) in [5.74, 6) is -0.436. The van der Waals surface area contributed by atoms with Crippen molar-refractivity contribution in [1.29, 1.82) is 0 Å². The van der Waals surface area contributed by atoms with E-state index < -0.39 is 6.04 Å². The maximum atomic E-state index is 13.2. The van der Waals surface area contributed by atoms with E-state index >= 15 is 0 Å². The number of amides is 1. The highest BCUT2D eigenvalue weighted by Crippen LogP contribution is 2.27. The molecule has 1 N–H and O–H groups in total. The number of nitrogens with zero attached hydrogens (tertiary/aromatic N) is 2. The van der Waals surface area contributed by atoms with Gasteiger partial charge in [0, 0.05) is 19.0 Å². The fourth-order valence-corrected chi connectivity index (χ4v) is 2.83. The summed E-state index contributed by atoms with van der Waals surface area (Å²) in [6.45, 7) is 2.48. The minimum atomic E-state index is -0.422. The van der Waals surface area contributed by atoms with Crippen LogP contribution in [0.25, 0.3) is 0 Å². The van der Waals surface area contributed by atoms with E-state index in [0.29, 0.717) is 6.61 Å². The van der Waals surface area contributed by atoms with Gasteiger partial charge in [0.15, 0.2) is 0 Å². The van der Waals surface area contributed by atoms with Gasteiger partial charge >= 0.3 is 0 Å². The summed E-state index contributed by atoms with van der Waals surface area (Å²) in [5, 5.41) is 7.14. The summed E-state index contributed by atoms with van der Waals surface area (Å²) in [7, 11) is 0. The number of hydrogen-bond donors (Lipinski definition) is 1. The molecule has 1 saturated heterocycles. The van der Waals surface area contributed by atoms with Gasteiger partial charge in [0.25, 0.3) is 0 Å². The Kier molecular flexibility index (Phi) is 4.71. The molecule has 0 spiro atoms. The lowest BCUT2D eigenvalue weighted by atomic mass is 9.99. The van der Waals surface area contributed by atoms with Gasteiger partial charge in [-0.2, -0.15) is 5.10 Å². The van der Waals surface area contributed by atoms with Crippen molar-refractivity contribution in [1.82, 2.24) is 15.1 Å². The smallest absolute Gasteiger partial charge is 0.245 e. The molecule has 1 fully saturated rings. The Morgan fingerprint density at radius 1 is 1.43 bits per heavy atom. The van der Waals surface area contributed by atoms with E-state index in [1.165, 1.54) is 12.1 Å². The molecule has 23 heavy (non-hydrogen) atoms. The molecule has 0 saturated carbocycles. The molecule has 3 atom stereocenters. The van der Waals surface area contributed by atoms with Crippen molar-refractivity contribution in [3.05, 3.63) is 54.1 Å². The Morgan fingerprint density at radius 2 is 2.22 bits per heavy atom. The number of halogens is 1. The Morgan fingerprint density at radius 3 is 2.83 bits per heavy atom. The van der Waals surface area contributed by atoms with E-state index in [4.69, 9.17) is 4.74 Å². The topological polar surface area (TPSA) is 56.1 Å². The predicted molar refractivity (Wildman–Crippen MR) is 83.2 cm³/mol. The zero-order chi connectivity index (χ0) is 16.2. The van der Waals surface area contributed by atoms with Crippen LogP contribution in [-0.4, -0.2) is 28.4 Å². The van der Waals surface area contributed by atoms with E-state index in [9.17, 15) is 9.18 Å². The highest BCUT2D eigenvalue weighted by Gasteiger charge is 2.30. The van der Waals surface area contributed by atoms with E-state index in [0.717, 1.165) is 18.4 Å². The van der Waals surface area contributed by atoms with Crippen molar-refractivity contribution in [3.63, 3.8) is 0 Å². The van der Waals surface area contributed by atoms with Gasteiger partial charge in [-0.3, -0.25) is 9.48 Å². The van der Waals surface area contributed by atoms with Crippen molar-refractivity contribution in [2.75, 3.05) is 6.61 Å². The molecule has 1 amide bonds. The van der Waals surface area contributed by atoms with Crippen LogP contribution in [0.2, 0.25) is 0 Å². The lowest BCUT2D eigenvalue weighted by Crippen LogP contribution is -2.39. The van der Waals surface area contributed by atoms with Crippen LogP contribution in [0.1, 0.15) is 37.4 Å². The molecular weight excluding hydrogens is 297 g/mol. The lowest BCUT2D eigenvalue weighted by molar-refractivity contribution is -0.125. The molecule has 6 heteroatoms. The Bertz CT molecular complexity index is 636. The molecule has 1 aromatic heterocycles. The average Bonchev–Trinajstić information content (AvgIpc) is 3.26. The summed E-state index contributed by atoms with van der Waals surface area (Å²) < 4.78 is 20.5. The monoisotopic (exact) mass is 317 g/mol. The highest BCUT2D eigenvalue weighted by atomic mass is 19.1. The zero-order valence-electron chi connectivity index (χ0n) is 13.0. The van der Waals surface area contributed by atoms with E-state index in [1.807, 2.05) is 0 Å². The highest BCUT2D eigenvalue weighted by molar-refractivity contribution is 5.80. The number of ether oxygens (including phenoxy) is 1. The minimum Gasteiger partial charge on any atom is -0.376 e. The minimum absolute atomic E-state index is 0.0887. The molecule has 1 aromatic carbocycles. The number of benzene rings is 1. The van der Waals surface area contributed by atoms with Crippen LogP contribution < -0.4 is 5.32 Å². The molecule has 122 valence electrons. The SMILES string of the molecule is C[C@H](C(=O)N[C@H](c1ccc(F)cc1)[C@@H]1CCCO1)n1cccn1. The molecular formula is C17H20FN3O2. The Labute approximate surface area is 134 Å². The van der Waals surface area contributed by atoms with Crippen LogP contribution in [0, 0.1) is 5.82 Å². The van der Waals surface area contributed by atoms with Crippen molar-refractivity contribution in [2.45, 2.75) is 38.0 Å². The first-order valence-electron chi connectivity index (χ1n) is 7.82. The van der Waals surface area contributed by atoms with Crippen LogP contribution >= 0.6 is 0 Å². The Balaban J connectivity index is 1.78. The first-order valence-corrected chi connectivity index (χ1v) is 7.82. The average molecular weight is 317 g/mol. The molecule has 3 rings (SSSR count). The van der Waals surface area contributed by atoms with Crippen LogP contribution in [0.5, 0.6) is 0 Å². The molecule has 0 aliphatic carbocycles. The van der Waals surface area contributed by atoms with Gasteiger partial charge in [-0.05, 0) is 43.5 Å². The fraction of sp³-hybridized carbons (Fsp3) is 0.412. The van der Waals surface area contributed by atoms with Crippen LogP contribution in [0.4, 0.5) is 4.39 Å². The van der Waals surface area contributed by atoms with Crippen LogP contribution in [0.3, 0.4) is 0 Å². The zero-order valence-corrected chi connectivity index (χ0v) is 13.0. The van der Waals surface area contributed by atoms with Gasteiger partial charge in [0.2, 0.25) is 5.91 Å². The third-order valence-corrected chi connectivity index (χ3v) is 4.16. The van der Waals surface area contributed by atoms with Gasteiger partial charge in [-0.1, -0.05) is 12.1 Å². The lowest BCUT2D eigenvalue weighted by Gasteiger charge is -2.26. The van der Waals surface area contributed by atoms with E-state index in [2.05, 4.69) is 10.4 Å². The maximum Gasteiger partial charge on any atom is 0.245 e. The molecule has 0 bridgehead atoms.